The number of aliphatic hydroxyl groups is 1. The van der Waals surface area contributed by atoms with Gasteiger partial charge in [0.15, 0.2) is 0 Å². The molecule has 27 heavy (non-hydrogen) atoms. The zero-order valence-corrected chi connectivity index (χ0v) is 15.6. The topological polar surface area (TPSA) is 55.8 Å². The number of hydrogen-bond acceptors (Lipinski definition) is 3. The number of likely N-dealkylation sites (tertiary alicyclic amines) is 2. The van der Waals surface area contributed by atoms with Crippen LogP contribution in [-0.2, 0) is 6.54 Å². The molecule has 2 heterocycles. The molecule has 0 radical (unpaired) electrons. The number of aliphatic hydroxyl groups excluding tert-OH is 1. The van der Waals surface area contributed by atoms with Crippen molar-refractivity contribution in [2.45, 2.75) is 31.5 Å². The van der Waals surface area contributed by atoms with Crippen molar-refractivity contribution >= 4 is 6.03 Å². The molecule has 2 aromatic carbocycles. The first kappa shape index (κ1) is 18.0. The van der Waals surface area contributed by atoms with E-state index in [1.165, 1.54) is 24.0 Å². The van der Waals surface area contributed by atoms with E-state index in [0.717, 1.165) is 18.7 Å². The highest BCUT2D eigenvalue weighted by Gasteiger charge is 2.38. The number of nitrogens with one attached hydrogen (secondary N) is 1. The summed E-state index contributed by atoms with van der Waals surface area (Å²) >= 11 is 0. The van der Waals surface area contributed by atoms with Crippen LogP contribution in [0, 0.1) is 0 Å². The number of urea groups is 1. The van der Waals surface area contributed by atoms with Gasteiger partial charge in [0.1, 0.15) is 0 Å². The number of nitrogens with zero attached hydrogens (tertiary/aromatic N) is 2. The Bertz CT molecular complexity index is 757. The first-order valence-electron chi connectivity index (χ1n) is 9.80. The molecule has 5 heteroatoms. The molecule has 0 bridgehead atoms. The summed E-state index contributed by atoms with van der Waals surface area (Å²) in [6, 6.07) is 18.5. The Kier molecular flexibility index (Phi) is 5.41. The van der Waals surface area contributed by atoms with Gasteiger partial charge in [0.2, 0.25) is 0 Å². The van der Waals surface area contributed by atoms with Gasteiger partial charge >= 0.3 is 6.03 Å². The SMILES string of the molecule is O=C(NCc1ccc(-c2ccccc2)cc1)N1C[C@H](O)[C@@H](N2CCCC2)C1. The van der Waals surface area contributed by atoms with Crippen LogP contribution in [0.5, 0.6) is 0 Å². The highest BCUT2D eigenvalue weighted by molar-refractivity contribution is 5.74. The van der Waals surface area contributed by atoms with E-state index in [1.54, 1.807) is 4.90 Å². The Hall–Kier alpha value is -2.37. The van der Waals surface area contributed by atoms with Crippen LogP contribution in [0.25, 0.3) is 11.1 Å². The molecule has 2 aromatic rings. The first-order valence-corrected chi connectivity index (χ1v) is 9.80. The van der Waals surface area contributed by atoms with Crippen molar-refractivity contribution < 1.29 is 9.90 Å². The third-order valence-corrected chi connectivity index (χ3v) is 5.66. The minimum Gasteiger partial charge on any atom is -0.390 e. The lowest BCUT2D eigenvalue weighted by atomic mass is 10.0. The molecule has 0 spiro atoms. The Morgan fingerprint density at radius 2 is 1.63 bits per heavy atom. The molecule has 0 aromatic heterocycles. The monoisotopic (exact) mass is 365 g/mol. The fraction of sp³-hybridized carbons (Fsp3) is 0.409. The summed E-state index contributed by atoms with van der Waals surface area (Å²) < 4.78 is 0. The molecule has 0 aliphatic carbocycles. The molecule has 2 aliphatic heterocycles. The summed E-state index contributed by atoms with van der Waals surface area (Å²) in [7, 11) is 0. The molecule has 0 unspecified atom stereocenters. The number of β-amino-alcohol motifs (C(OH)–C–C–N with tert-alkyl or cyclic N) is 1. The van der Waals surface area contributed by atoms with Crippen LogP contribution in [0.4, 0.5) is 4.79 Å². The second kappa shape index (κ2) is 8.11. The molecule has 4 rings (SSSR count). The summed E-state index contributed by atoms with van der Waals surface area (Å²) in [6.07, 6.45) is 1.93. The van der Waals surface area contributed by atoms with Gasteiger partial charge in [-0.05, 0) is 42.6 Å². The normalized spacial score (nSPS) is 22.9. The standard InChI is InChI=1S/C22H27N3O2/c26-21-16-25(15-20(21)24-12-4-5-13-24)22(27)23-14-17-8-10-19(11-9-17)18-6-2-1-3-7-18/h1-3,6-11,20-21,26H,4-5,12-16H2,(H,23,27)/t20-,21-/m0/s1. The van der Waals surface area contributed by atoms with Crippen LogP contribution in [0.3, 0.4) is 0 Å². The lowest BCUT2D eigenvalue weighted by molar-refractivity contribution is 0.0980. The molecule has 2 saturated heterocycles. The summed E-state index contributed by atoms with van der Waals surface area (Å²) in [5.74, 6) is 0. The number of benzene rings is 2. The second-order valence-electron chi connectivity index (χ2n) is 7.50. The maximum Gasteiger partial charge on any atom is 0.317 e. The minimum atomic E-state index is -0.445. The molecule has 2 atom stereocenters. The smallest absolute Gasteiger partial charge is 0.317 e. The molecule has 5 nitrogen and oxygen atoms in total. The third-order valence-electron chi connectivity index (χ3n) is 5.66. The largest absolute Gasteiger partial charge is 0.390 e. The van der Waals surface area contributed by atoms with Crippen molar-refractivity contribution in [1.29, 1.82) is 0 Å². The Balaban J connectivity index is 1.30. The van der Waals surface area contributed by atoms with E-state index < -0.39 is 6.10 Å². The summed E-state index contributed by atoms with van der Waals surface area (Å²) in [6.45, 7) is 3.59. The molecular formula is C22H27N3O2. The number of amides is 2. The fourth-order valence-corrected chi connectivity index (χ4v) is 4.10. The molecule has 2 N–H and O–H groups in total. The van der Waals surface area contributed by atoms with E-state index >= 15 is 0 Å². The quantitative estimate of drug-likeness (QED) is 0.876. The van der Waals surface area contributed by atoms with Crippen molar-refractivity contribution in [3.63, 3.8) is 0 Å². The predicted molar refractivity (Wildman–Crippen MR) is 106 cm³/mol. The minimum absolute atomic E-state index is 0.0865. The Morgan fingerprint density at radius 1 is 0.963 bits per heavy atom. The molecule has 142 valence electrons. The van der Waals surface area contributed by atoms with Crippen LogP contribution in [0.2, 0.25) is 0 Å². The average Bonchev–Trinajstić information content (AvgIpc) is 3.37. The average molecular weight is 365 g/mol. The van der Waals surface area contributed by atoms with Crippen molar-refractivity contribution in [1.82, 2.24) is 15.1 Å². The Morgan fingerprint density at radius 3 is 2.33 bits per heavy atom. The van der Waals surface area contributed by atoms with Gasteiger partial charge < -0.3 is 15.3 Å². The number of rotatable bonds is 4. The second-order valence-corrected chi connectivity index (χ2v) is 7.50. The molecule has 2 aliphatic rings. The lowest BCUT2D eigenvalue weighted by Crippen LogP contribution is -2.42. The molecule has 0 saturated carbocycles. The lowest BCUT2D eigenvalue weighted by Gasteiger charge is -2.25. The molecular weight excluding hydrogens is 338 g/mol. The van der Waals surface area contributed by atoms with Crippen LogP contribution in [-0.4, -0.2) is 59.3 Å². The van der Waals surface area contributed by atoms with Crippen molar-refractivity contribution in [3.05, 3.63) is 60.2 Å². The van der Waals surface area contributed by atoms with Gasteiger partial charge in [-0.3, -0.25) is 4.90 Å². The van der Waals surface area contributed by atoms with Crippen LogP contribution < -0.4 is 5.32 Å². The highest BCUT2D eigenvalue weighted by atomic mass is 16.3. The van der Waals surface area contributed by atoms with Gasteiger partial charge in [0.25, 0.3) is 0 Å². The Labute approximate surface area is 160 Å². The molecule has 2 fully saturated rings. The zero-order chi connectivity index (χ0) is 18.6. The maximum atomic E-state index is 12.5. The summed E-state index contributed by atoms with van der Waals surface area (Å²) in [5.41, 5.74) is 3.42. The van der Waals surface area contributed by atoms with Gasteiger partial charge in [0, 0.05) is 19.6 Å². The highest BCUT2D eigenvalue weighted by Crippen LogP contribution is 2.21. The van der Waals surface area contributed by atoms with Gasteiger partial charge in [-0.25, -0.2) is 4.79 Å². The zero-order valence-electron chi connectivity index (χ0n) is 15.6. The first-order chi connectivity index (χ1) is 13.2. The summed E-state index contributed by atoms with van der Waals surface area (Å²) in [4.78, 5) is 16.6. The van der Waals surface area contributed by atoms with E-state index in [9.17, 15) is 9.90 Å². The maximum absolute atomic E-state index is 12.5. The third kappa shape index (κ3) is 4.15. The van der Waals surface area contributed by atoms with E-state index in [0.29, 0.717) is 19.6 Å². The van der Waals surface area contributed by atoms with Crippen molar-refractivity contribution in [2.75, 3.05) is 26.2 Å². The fourth-order valence-electron chi connectivity index (χ4n) is 4.10. The predicted octanol–water partition coefficient (Wildman–Crippen LogP) is 2.70. The van der Waals surface area contributed by atoms with Crippen molar-refractivity contribution in [2.24, 2.45) is 0 Å². The number of carbonyl (C=O) groups is 1. The van der Waals surface area contributed by atoms with Gasteiger partial charge in [-0.2, -0.15) is 0 Å². The van der Waals surface area contributed by atoms with E-state index in [2.05, 4.69) is 46.6 Å². The number of carbonyl (C=O) groups excluding carboxylic acids is 1. The number of hydrogen-bond donors (Lipinski definition) is 2. The van der Waals surface area contributed by atoms with E-state index in [1.807, 2.05) is 18.2 Å². The van der Waals surface area contributed by atoms with Gasteiger partial charge in [0.05, 0.1) is 12.1 Å². The summed E-state index contributed by atoms with van der Waals surface area (Å²) in [5, 5.41) is 13.3. The van der Waals surface area contributed by atoms with Gasteiger partial charge in [-0.15, -0.1) is 0 Å². The van der Waals surface area contributed by atoms with Gasteiger partial charge in [-0.1, -0.05) is 54.6 Å². The van der Waals surface area contributed by atoms with E-state index in [-0.39, 0.29) is 12.1 Å². The van der Waals surface area contributed by atoms with Crippen LogP contribution >= 0.6 is 0 Å². The van der Waals surface area contributed by atoms with E-state index in [4.69, 9.17) is 0 Å². The molecule has 2 amide bonds. The van der Waals surface area contributed by atoms with Crippen LogP contribution in [0.1, 0.15) is 18.4 Å². The van der Waals surface area contributed by atoms with Crippen molar-refractivity contribution in [3.8, 4) is 11.1 Å². The van der Waals surface area contributed by atoms with Crippen LogP contribution in [0.15, 0.2) is 54.6 Å².